The fourth-order valence-electron chi connectivity index (χ4n) is 10.2. The van der Waals surface area contributed by atoms with Crippen LogP contribution >= 0.6 is 0 Å². The number of halogens is 4. The first kappa shape index (κ1) is 109. The van der Waals surface area contributed by atoms with E-state index in [0.717, 1.165) is 78.1 Å². The Labute approximate surface area is 788 Å². The number of fused-ring (bicyclic) bond motifs is 6. The molecule has 125 heavy (non-hydrogen) atoms. The number of aromatic nitrogens is 16. The smallest absolute Gasteiger partial charge is 0.197 e. The molecule has 16 rings (SSSR count). The Kier molecular flexibility index (Phi) is 47.6. The number of allylic oxidation sites excluding steroid dienone is 10. The second-order valence-corrected chi connectivity index (χ2v) is 25.8. The number of imidazole rings is 6. The van der Waals surface area contributed by atoms with Crippen LogP contribution in [0, 0.1) is 30.2 Å². The van der Waals surface area contributed by atoms with Crippen molar-refractivity contribution in [2.24, 2.45) is 7.05 Å². The summed E-state index contributed by atoms with van der Waals surface area (Å²) in [6, 6.07) is 59.6. The summed E-state index contributed by atoms with van der Waals surface area (Å²) < 4.78 is 55.1. The number of nitrogens with zero attached hydrogens (tertiary/aromatic N) is 16. The van der Waals surface area contributed by atoms with Crippen LogP contribution in [0.25, 0.3) is 124 Å². The molecule has 0 aliphatic heterocycles. The summed E-state index contributed by atoms with van der Waals surface area (Å²) in [4.78, 5) is 115. The minimum atomic E-state index is -1.91. The molecule has 10 heterocycles. The van der Waals surface area contributed by atoms with Crippen LogP contribution in [0.2, 0.25) is 0 Å². The summed E-state index contributed by atoms with van der Waals surface area (Å²) in [5.41, 5.74) is 12.4. The number of ketones is 5. The first-order valence-electron chi connectivity index (χ1n) is 36.4. The number of rotatable bonds is 10. The number of hydrogen-bond donors (Lipinski definition) is 5. The number of pyridine rings is 4. The molecule has 26 nitrogen and oxygen atoms in total. The zero-order chi connectivity index (χ0) is 87.7. The number of aryl methyl sites for hydroxylation is 2. The van der Waals surface area contributed by atoms with Crippen molar-refractivity contribution in [2.45, 2.75) is 83.1 Å². The van der Waals surface area contributed by atoms with Crippen LogP contribution in [0.4, 0.5) is 17.6 Å². The van der Waals surface area contributed by atoms with Crippen molar-refractivity contribution in [1.82, 2.24) is 79.3 Å². The van der Waals surface area contributed by atoms with Gasteiger partial charge >= 0.3 is 0 Å². The third kappa shape index (κ3) is 34.9. The maximum absolute atomic E-state index is 13.5. The van der Waals surface area contributed by atoms with Crippen molar-refractivity contribution in [2.75, 3.05) is 0 Å². The molecule has 0 spiro atoms. The summed E-state index contributed by atoms with van der Waals surface area (Å²) in [5.74, 6) is -3.70. The largest absolute Gasteiger partial charge is 0.512 e. The third-order valence-electron chi connectivity index (χ3n) is 15.5. The van der Waals surface area contributed by atoms with Gasteiger partial charge in [-0.2, -0.15) is 0 Å². The van der Waals surface area contributed by atoms with E-state index in [4.69, 9.17) is 25.5 Å². The second kappa shape index (κ2) is 54.5. The molecule has 6 aromatic carbocycles. The van der Waals surface area contributed by atoms with Crippen LogP contribution in [0.15, 0.2) is 272 Å². The molecule has 0 radical (unpaired) electrons. The summed E-state index contributed by atoms with van der Waals surface area (Å²) in [5, 5.41) is 42.1. The number of hydrogen-bond acceptors (Lipinski definition) is 20. The Balaban J connectivity index is 0.000000480. The molecule has 0 aliphatic rings. The molecular weight excluding hydrogens is 2520 g/mol. The minimum Gasteiger partial charge on any atom is -0.512 e. The van der Waals surface area contributed by atoms with Crippen molar-refractivity contribution in [3.8, 4) is 57.7 Å². The van der Waals surface area contributed by atoms with Gasteiger partial charge in [0.25, 0.3) is 0 Å². The molecule has 0 unspecified atom stereocenters. The van der Waals surface area contributed by atoms with E-state index in [-0.39, 0.29) is 175 Å². The number of aliphatic hydroxyl groups is 5. The van der Waals surface area contributed by atoms with Crippen LogP contribution in [-0.4, -0.2) is 109 Å². The second-order valence-electron chi connectivity index (χ2n) is 25.8. The minimum absolute atomic E-state index is 0. The van der Waals surface area contributed by atoms with Crippen molar-refractivity contribution in [3.05, 3.63) is 300 Å². The molecule has 0 fully saturated rings. The number of carbonyl (C=O) groups excluding carboxylic acids is 5. The summed E-state index contributed by atoms with van der Waals surface area (Å²) in [7, 11) is 1.99. The first-order chi connectivity index (χ1) is 57.2. The van der Waals surface area contributed by atoms with Gasteiger partial charge in [0.2, 0.25) is 0 Å². The van der Waals surface area contributed by atoms with Gasteiger partial charge in [-0.1, -0.05) is 127 Å². The van der Waals surface area contributed by atoms with E-state index in [0.29, 0.717) is 28.9 Å². The number of carbonyl (C=O) groups is 5. The van der Waals surface area contributed by atoms with Gasteiger partial charge in [-0.3, -0.25) is 43.9 Å². The Morgan fingerprint density at radius 3 is 0.936 bits per heavy atom. The van der Waals surface area contributed by atoms with Crippen molar-refractivity contribution >= 4 is 95.1 Å². The van der Waals surface area contributed by atoms with Crippen molar-refractivity contribution < 1.29 is 172 Å². The van der Waals surface area contributed by atoms with Crippen LogP contribution in [0.1, 0.15) is 81.7 Å². The molecule has 0 saturated heterocycles. The molecule has 16 aromatic rings. The van der Waals surface area contributed by atoms with Gasteiger partial charge in [-0.15, -0.1) is 0 Å². The van der Waals surface area contributed by atoms with Gasteiger partial charge < -0.3 is 79.9 Å². The normalized spacial score (nSPS) is 10.8. The average Bonchev–Trinajstić information content (AvgIpc) is 1.61. The SMILES string of the molecule is CC(=O)C(C)=C(C)O.CC(=O)C=C(C)O.CC(=O)C=C(C)O.CC(=O)C=C(C)O.CC(=O)C=C(C)O.Cc1ccnc(-c2nc3ccccc3[n-]2)c1.Cn1c(-c2nc3ccccc3[n-]2)nc2ccccc21.Fc1c(F)c(F)c2[n-]c(-c3ccccn3)nc2c1F.[Pt].[Pt].[Pt].[Pt].[Pt].c1ccc(-c2nc3ccccc3[n-]2)nc1.c1ccc(-c2nc3ccccc3[n-]2)nc1. The number of benzene rings is 6. The van der Waals surface area contributed by atoms with E-state index in [2.05, 4.69) is 80.8 Å². The maximum Gasteiger partial charge on any atom is 0.197 e. The van der Waals surface area contributed by atoms with Crippen LogP contribution < -0.4 is 24.9 Å². The Hall–Kier alpha value is -12.0. The molecule has 35 heteroatoms. The molecule has 666 valence electrons. The number of para-hydroxylation sites is 10. The van der Waals surface area contributed by atoms with Gasteiger partial charge in [0.15, 0.2) is 52.2 Å². The number of aliphatic hydroxyl groups excluding tert-OH is 5. The average molecular weight is 2600 g/mol. The molecule has 0 amide bonds. The fraction of sp³-hybridized carbons (Fsp3) is 0.144. The molecule has 10 aromatic heterocycles. The molecule has 0 aliphatic carbocycles. The van der Waals surface area contributed by atoms with Crippen molar-refractivity contribution in [1.29, 1.82) is 0 Å². The molecule has 0 atom stereocenters. The van der Waals surface area contributed by atoms with E-state index in [1.54, 1.807) is 37.6 Å². The summed E-state index contributed by atoms with van der Waals surface area (Å²) in [6.07, 6.45) is 11.4. The van der Waals surface area contributed by atoms with Gasteiger partial charge in [-0.25, -0.2) is 22.5 Å². The van der Waals surface area contributed by atoms with E-state index < -0.39 is 34.3 Å². The van der Waals surface area contributed by atoms with E-state index in [1.807, 2.05) is 182 Å². The fourth-order valence-corrected chi connectivity index (χ4v) is 10.2. The van der Waals surface area contributed by atoms with Crippen LogP contribution in [0.5, 0.6) is 0 Å². The monoisotopic (exact) mass is 2600 g/mol. The standard InChI is InChI=1S/C15H11N4.C13H10N3.C12H4F4N3.2C12H8N3.C6H10O2.4C5H8O2.5Pt/c1-19-13-9-5-4-8-12(13)18-15(19)14-16-10-6-2-3-7-11(10)17-14;1-9-6-7-14-12(8-9)13-15-10-4-2-3-5-11(10)16-13;13-6-7(14)9(16)11-10(8(6)15)18-12(19-11)5-3-1-2-4-17-5;2*1-2-6-10-9(5-1)14-12(15-10)11-7-3-4-8-13-11;1-4(5(2)7)6(3)8;4*1-4(6)3-5(2)7;;;;;/h2-9H,1H3;2-8H,1H3;1-4H;2*1-8H;7H,1-3H3;4*3,6H,1-2H3;;;;;/q5*-1;;;;;;;;;;. The Morgan fingerprint density at radius 2 is 0.640 bits per heavy atom. The van der Waals surface area contributed by atoms with Crippen LogP contribution in [-0.2, 0) is 136 Å². The predicted molar refractivity (Wildman–Crippen MR) is 452 cm³/mol. The summed E-state index contributed by atoms with van der Waals surface area (Å²) >= 11 is 0. The van der Waals surface area contributed by atoms with E-state index in [9.17, 15) is 41.5 Å². The van der Waals surface area contributed by atoms with Gasteiger partial charge in [0.05, 0.1) is 62.6 Å². The zero-order valence-electron chi connectivity index (χ0n) is 69.0. The predicted octanol–water partition coefficient (Wildman–Crippen LogP) is 18.2. The third-order valence-corrected chi connectivity index (χ3v) is 15.5. The topological polar surface area (TPSA) is 391 Å². The van der Waals surface area contributed by atoms with Crippen LogP contribution in [0.3, 0.4) is 0 Å². The number of Topliss-reactive ketones (excluding diaryl/α,β-unsaturated/α-hetero) is 1. The van der Waals surface area contributed by atoms with Gasteiger partial charge in [0.1, 0.15) is 5.82 Å². The molecular formula is C90H83F4N16O10Pt5-5. The molecule has 5 N–H and O–H groups in total. The summed E-state index contributed by atoms with van der Waals surface area (Å²) in [6.45, 7) is 17.9. The van der Waals surface area contributed by atoms with E-state index >= 15 is 0 Å². The molecule has 0 bridgehead atoms. The Bertz CT molecular complexity index is 5960. The zero-order valence-corrected chi connectivity index (χ0v) is 80.4. The molecule has 0 saturated carbocycles. The Morgan fingerprint density at radius 1 is 0.336 bits per heavy atom. The van der Waals surface area contributed by atoms with E-state index in [1.165, 1.54) is 111 Å². The quantitative estimate of drug-likeness (QED) is 0.0279. The first-order valence-corrected chi connectivity index (χ1v) is 36.4. The van der Waals surface area contributed by atoms with Crippen molar-refractivity contribution in [3.63, 3.8) is 0 Å². The van der Waals surface area contributed by atoms with Gasteiger partial charge in [-0.05, 0) is 223 Å². The van der Waals surface area contributed by atoms with Gasteiger partial charge in [0, 0.05) is 178 Å². The maximum atomic E-state index is 13.5.